The maximum atomic E-state index is 13.6. The van der Waals surface area contributed by atoms with E-state index in [1.807, 2.05) is 0 Å². The summed E-state index contributed by atoms with van der Waals surface area (Å²) in [5.41, 5.74) is -2.22. The zero-order chi connectivity index (χ0) is 15.5. The standard InChI is InChI=1S/C13H17F2O4P/c1-8(2)18-20(17,19-9(3)4)13(16)12-10(14)6-5-7-11(12)15/h5-9H,1-4H3. The maximum absolute atomic E-state index is 13.6. The van der Waals surface area contributed by atoms with Crippen LogP contribution in [0.2, 0.25) is 0 Å². The van der Waals surface area contributed by atoms with Gasteiger partial charge in [0.1, 0.15) is 17.2 Å². The van der Waals surface area contributed by atoms with Gasteiger partial charge in [-0.2, -0.15) is 0 Å². The molecule has 0 bridgehead atoms. The van der Waals surface area contributed by atoms with Gasteiger partial charge in [-0.05, 0) is 39.8 Å². The first kappa shape index (κ1) is 17.0. The maximum Gasteiger partial charge on any atom is 0.402 e. The first-order valence-corrected chi connectivity index (χ1v) is 7.67. The summed E-state index contributed by atoms with van der Waals surface area (Å²) in [5, 5.41) is 0. The highest BCUT2D eigenvalue weighted by molar-refractivity contribution is 7.72. The fraction of sp³-hybridized carbons (Fsp3) is 0.462. The summed E-state index contributed by atoms with van der Waals surface area (Å²) >= 11 is 0. The molecule has 0 saturated heterocycles. The molecule has 0 aliphatic rings. The molecular formula is C13H17F2O4P. The van der Waals surface area contributed by atoms with Gasteiger partial charge in [0.2, 0.25) is 0 Å². The van der Waals surface area contributed by atoms with Crippen molar-refractivity contribution in [2.24, 2.45) is 0 Å². The third kappa shape index (κ3) is 3.95. The van der Waals surface area contributed by atoms with Crippen LogP contribution in [-0.2, 0) is 13.6 Å². The zero-order valence-corrected chi connectivity index (χ0v) is 12.6. The fourth-order valence-corrected chi connectivity index (χ4v) is 3.35. The number of carbonyl (C=O) groups is 1. The summed E-state index contributed by atoms with van der Waals surface area (Å²) < 4.78 is 49.8. The van der Waals surface area contributed by atoms with Crippen molar-refractivity contribution in [3.63, 3.8) is 0 Å². The molecule has 0 spiro atoms. The molecule has 0 saturated carbocycles. The predicted molar refractivity (Wildman–Crippen MR) is 70.7 cm³/mol. The lowest BCUT2D eigenvalue weighted by Gasteiger charge is -2.21. The average Bonchev–Trinajstić information content (AvgIpc) is 2.25. The van der Waals surface area contributed by atoms with Crippen molar-refractivity contribution in [1.29, 1.82) is 0 Å². The summed E-state index contributed by atoms with van der Waals surface area (Å²) in [4.78, 5) is 12.2. The number of hydrogen-bond donors (Lipinski definition) is 0. The Kier molecular flexibility index (Phi) is 5.57. The van der Waals surface area contributed by atoms with E-state index in [1.54, 1.807) is 27.7 Å². The van der Waals surface area contributed by atoms with E-state index in [9.17, 15) is 18.1 Å². The summed E-state index contributed by atoms with van der Waals surface area (Å²) in [7, 11) is -4.32. The molecule has 0 radical (unpaired) electrons. The van der Waals surface area contributed by atoms with Crippen molar-refractivity contribution in [2.45, 2.75) is 39.9 Å². The van der Waals surface area contributed by atoms with Crippen LogP contribution < -0.4 is 0 Å². The molecule has 0 aromatic heterocycles. The molecule has 20 heavy (non-hydrogen) atoms. The average molecular weight is 306 g/mol. The predicted octanol–water partition coefficient (Wildman–Crippen LogP) is 4.15. The minimum Gasteiger partial charge on any atom is -0.300 e. The van der Waals surface area contributed by atoms with Crippen LogP contribution in [0.3, 0.4) is 0 Å². The molecule has 1 aromatic rings. The molecule has 4 nitrogen and oxygen atoms in total. The van der Waals surface area contributed by atoms with E-state index in [0.717, 1.165) is 18.2 Å². The molecule has 0 N–H and O–H groups in total. The molecule has 0 atom stereocenters. The number of hydrogen-bond acceptors (Lipinski definition) is 4. The van der Waals surface area contributed by atoms with Gasteiger partial charge in [0.15, 0.2) is 0 Å². The zero-order valence-electron chi connectivity index (χ0n) is 11.7. The quantitative estimate of drug-likeness (QED) is 0.741. The molecule has 0 amide bonds. The Balaban J connectivity index is 3.27. The largest absolute Gasteiger partial charge is 0.402 e. The molecule has 0 fully saturated rings. The van der Waals surface area contributed by atoms with Gasteiger partial charge in [-0.1, -0.05) is 6.07 Å². The van der Waals surface area contributed by atoms with Crippen LogP contribution in [0.25, 0.3) is 0 Å². The molecular weight excluding hydrogens is 289 g/mol. The first-order chi connectivity index (χ1) is 9.17. The van der Waals surface area contributed by atoms with E-state index in [4.69, 9.17) is 9.05 Å². The summed E-state index contributed by atoms with van der Waals surface area (Å²) in [5.74, 6) is -2.20. The van der Waals surface area contributed by atoms with Crippen molar-refractivity contribution in [3.05, 3.63) is 35.4 Å². The van der Waals surface area contributed by atoms with Crippen molar-refractivity contribution in [3.8, 4) is 0 Å². The van der Waals surface area contributed by atoms with E-state index in [2.05, 4.69) is 0 Å². The molecule has 0 aliphatic carbocycles. The van der Waals surface area contributed by atoms with E-state index < -0.39 is 42.5 Å². The van der Waals surface area contributed by atoms with Gasteiger partial charge in [0, 0.05) is 0 Å². The summed E-state index contributed by atoms with van der Waals surface area (Å²) in [6.07, 6.45) is -1.20. The monoisotopic (exact) mass is 306 g/mol. The first-order valence-electron chi connectivity index (χ1n) is 6.13. The second kappa shape index (κ2) is 6.57. The Labute approximate surface area is 116 Å². The lowest BCUT2D eigenvalue weighted by Crippen LogP contribution is -2.16. The topological polar surface area (TPSA) is 52.6 Å². The Morgan fingerprint density at radius 1 is 1.05 bits per heavy atom. The van der Waals surface area contributed by atoms with Crippen LogP contribution in [0.15, 0.2) is 18.2 Å². The Bertz CT molecular complexity index is 509. The molecule has 1 rings (SSSR count). The van der Waals surface area contributed by atoms with Gasteiger partial charge in [0.05, 0.1) is 12.2 Å². The number of halogens is 2. The highest BCUT2D eigenvalue weighted by Crippen LogP contribution is 2.53. The molecule has 1 aromatic carbocycles. The van der Waals surface area contributed by atoms with E-state index in [-0.39, 0.29) is 0 Å². The van der Waals surface area contributed by atoms with Crippen LogP contribution >= 0.6 is 7.60 Å². The van der Waals surface area contributed by atoms with Gasteiger partial charge in [-0.15, -0.1) is 0 Å². The Morgan fingerprint density at radius 3 is 1.80 bits per heavy atom. The molecule has 0 aliphatic heterocycles. The molecule has 0 heterocycles. The van der Waals surface area contributed by atoms with E-state index in [0.29, 0.717) is 0 Å². The summed E-state index contributed by atoms with van der Waals surface area (Å²) in [6.45, 7) is 6.17. The van der Waals surface area contributed by atoms with Gasteiger partial charge in [0.25, 0.3) is 5.52 Å². The second-order valence-electron chi connectivity index (χ2n) is 4.71. The Morgan fingerprint density at radius 2 is 1.45 bits per heavy atom. The minimum atomic E-state index is -4.32. The van der Waals surface area contributed by atoms with Crippen LogP contribution in [-0.4, -0.2) is 17.7 Å². The molecule has 112 valence electrons. The van der Waals surface area contributed by atoms with Crippen LogP contribution in [0.5, 0.6) is 0 Å². The normalized spacial score (nSPS) is 12.2. The van der Waals surface area contributed by atoms with Crippen LogP contribution in [0.1, 0.15) is 38.1 Å². The second-order valence-corrected chi connectivity index (χ2v) is 6.53. The van der Waals surface area contributed by atoms with Gasteiger partial charge >= 0.3 is 7.60 Å². The molecule has 7 heteroatoms. The fourth-order valence-electron chi connectivity index (χ4n) is 1.51. The van der Waals surface area contributed by atoms with E-state index >= 15 is 0 Å². The number of rotatable bonds is 6. The molecule has 0 unspecified atom stereocenters. The number of carbonyl (C=O) groups excluding carboxylic acids is 1. The van der Waals surface area contributed by atoms with Crippen LogP contribution in [0, 0.1) is 11.6 Å². The minimum absolute atomic E-state index is 0.599. The lowest BCUT2D eigenvalue weighted by molar-refractivity contribution is 0.0917. The van der Waals surface area contributed by atoms with E-state index in [1.165, 1.54) is 0 Å². The van der Waals surface area contributed by atoms with Crippen molar-refractivity contribution in [1.82, 2.24) is 0 Å². The van der Waals surface area contributed by atoms with Gasteiger partial charge < -0.3 is 9.05 Å². The Hall–Kier alpha value is -1.10. The highest BCUT2D eigenvalue weighted by Gasteiger charge is 2.40. The lowest BCUT2D eigenvalue weighted by atomic mass is 10.2. The van der Waals surface area contributed by atoms with Crippen molar-refractivity contribution >= 4 is 13.1 Å². The van der Waals surface area contributed by atoms with Gasteiger partial charge in [-0.25, -0.2) is 8.78 Å². The SMILES string of the molecule is CC(C)OP(=O)(OC(C)C)C(=O)c1c(F)cccc1F. The van der Waals surface area contributed by atoms with Gasteiger partial charge in [-0.3, -0.25) is 9.36 Å². The smallest absolute Gasteiger partial charge is 0.300 e. The number of benzene rings is 1. The summed E-state index contributed by atoms with van der Waals surface area (Å²) in [6, 6.07) is 2.93. The third-order valence-electron chi connectivity index (χ3n) is 2.12. The highest BCUT2D eigenvalue weighted by atomic mass is 31.2. The van der Waals surface area contributed by atoms with Crippen molar-refractivity contribution < 1.29 is 27.2 Å². The van der Waals surface area contributed by atoms with Crippen LogP contribution in [0.4, 0.5) is 8.78 Å². The third-order valence-corrected chi connectivity index (χ3v) is 4.24. The van der Waals surface area contributed by atoms with Crippen molar-refractivity contribution in [2.75, 3.05) is 0 Å².